The van der Waals surface area contributed by atoms with Crippen LogP contribution in [0.15, 0.2) is 24.3 Å². The molecule has 1 N–H and O–H groups in total. The molecule has 0 aliphatic carbocycles. The van der Waals surface area contributed by atoms with Gasteiger partial charge in [-0.15, -0.1) is 0 Å². The van der Waals surface area contributed by atoms with E-state index in [1.54, 1.807) is 0 Å². The Balaban J connectivity index is 1.85. The number of halogens is 3. The van der Waals surface area contributed by atoms with Gasteiger partial charge in [0.1, 0.15) is 5.75 Å². The molecule has 1 aliphatic heterocycles. The van der Waals surface area contributed by atoms with E-state index < -0.39 is 24.3 Å². The summed E-state index contributed by atoms with van der Waals surface area (Å²) >= 11 is 0. The van der Waals surface area contributed by atoms with Gasteiger partial charge in [-0.25, -0.2) is 0 Å². The van der Waals surface area contributed by atoms with Crippen molar-refractivity contribution in [3.8, 4) is 5.75 Å². The zero-order valence-corrected chi connectivity index (χ0v) is 14.4. The normalized spacial score (nSPS) is 16.5. The maximum absolute atomic E-state index is 12.9. The smallest absolute Gasteiger partial charge is 0.419 e. The molecule has 1 saturated heterocycles. The number of ether oxygens (including phenoxy) is 2. The molecule has 1 amide bonds. The number of para-hydroxylation sites is 1. The maximum Gasteiger partial charge on any atom is 0.419 e. The summed E-state index contributed by atoms with van der Waals surface area (Å²) in [5, 5.41) is 2.72. The van der Waals surface area contributed by atoms with E-state index >= 15 is 0 Å². The fraction of sp³-hybridized carbons (Fsp3) is 0.588. The Labute approximate surface area is 145 Å². The number of hydrogen-bond acceptors (Lipinski definition) is 4. The summed E-state index contributed by atoms with van der Waals surface area (Å²) in [5.74, 6) is -0.809. The van der Waals surface area contributed by atoms with Gasteiger partial charge in [0.25, 0.3) is 5.91 Å². The second-order valence-corrected chi connectivity index (χ2v) is 6.47. The molecule has 0 unspecified atom stereocenters. The van der Waals surface area contributed by atoms with Gasteiger partial charge in [0.05, 0.1) is 18.8 Å². The van der Waals surface area contributed by atoms with Crippen LogP contribution in [0.4, 0.5) is 13.2 Å². The lowest BCUT2D eigenvalue weighted by Crippen LogP contribution is -2.55. The van der Waals surface area contributed by atoms with Gasteiger partial charge in [0, 0.05) is 25.2 Å². The van der Waals surface area contributed by atoms with Crippen LogP contribution in [0, 0.1) is 0 Å². The van der Waals surface area contributed by atoms with Gasteiger partial charge in [0.2, 0.25) is 0 Å². The van der Waals surface area contributed by atoms with E-state index in [1.807, 2.05) is 13.8 Å². The number of hydrogen-bond donors (Lipinski definition) is 1. The van der Waals surface area contributed by atoms with Crippen LogP contribution in [0.25, 0.3) is 0 Å². The molecule has 25 heavy (non-hydrogen) atoms. The van der Waals surface area contributed by atoms with Gasteiger partial charge in [-0.1, -0.05) is 12.1 Å². The van der Waals surface area contributed by atoms with Gasteiger partial charge in [0.15, 0.2) is 6.61 Å². The second-order valence-electron chi connectivity index (χ2n) is 6.47. The number of carbonyl (C=O) groups is 1. The van der Waals surface area contributed by atoms with Gasteiger partial charge in [-0.3, -0.25) is 9.69 Å². The molecule has 0 bridgehead atoms. The molecule has 0 spiro atoms. The number of nitrogens with one attached hydrogen (secondary N) is 1. The highest BCUT2D eigenvalue weighted by Gasteiger charge is 2.34. The largest absolute Gasteiger partial charge is 0.483 e. The van der Waals surface area contributed by atoms with Crippen LogP contribution in [0.2, 0.25) is 0 Å². The SMILES string of the molecule is CC(C)(CNC(=O)COc1ccccc1C(F)(F)F)N1CCOCC1. The molecule has 1 aromatic carbocycles. The van der Waals surface area contributed by atoms with Crippen molar-refractivity contribution in [2.45, 2.75) is 25.6 Å². The lowest BCUT2D eigenvalue weighted by atomic mass is 10.0. The first-order valence-corrected chi connectivity index (χ1v) is 8.09. The van der Waals surface area contributed by atoms with Gasteiger partial charge >= 0.3 is 6.18 Å². The molecule has 0 aromatic heterocycles. The first-order valence-electron chi connectivity index (χ1n) is 8.09. The summed E-state index contributed by atoms with van der Waals surface area (Å²) in [6.45, 7) is 6.75. The Morgan fingerprint density at radius 2 is 1.88 bits per heavy atom. The summed E-state index contributed by atoms with van der Waals surface area (Å²) in [6.07, 6.45) is -4.52. The minimum Gasteiger partial charge on any atom is -0.483 e. The number of carbonyl (C=O) groups excluding carboxylic acids is 1. The van der Waals surface area contributed by atoms with Crippen molar-refractivity contribution in [2.24, 2.45) is 0 Å². The highest BCUT2D eigenvalue weighted by molar-refractivity contribution is 5.77. The van der Waals surface area contributed by atoms with Gasteiger partial charge in [-0.2, -0.15) is 13.2 Å². The first kappa shape index (κ1) is 19.5. The van der Waals surface area contributed by atoms with Crippen molar-refractivity contribution in [3.63, 3.8) is 0 Å². The molecule has 2 rings (SSSR count). The predicted molar refractivity (Wildman–Crippen MR) is 86.4 cm³/mol. The van der Waals surface area contributed by atoms with E-state index in [9.17, 15) is 18.0 Å². The molecule has 0 saturated carbocycles. The number of benzene rings is 1. The lowest BCUT2D eigenvalue weighted by Gasteiger charge is -2.40. The summed E-state index contributed by atoms with van der Waals surface area (Å²) in [5.41, 5.74) is -1.17. The summed E-state index contributed by atoms with van der Waals surface area (Å²) in [7, 11) is 0. The zero-order valence-electron chi connectivity index (χ0n) is 14.4. The second kappa shape index (κ2) is 8.05. The Morgan fingerprint density at radius 1 is 1.24 bits per heavy atom. The topological polar surface area (TPSA) is 50.8 Å². The van der Waals surface area contributed by atoms with Crippen molar-refractivity contribution in [2.75, 3.05) is 39.5 Å². The van der Waals surface area contributed by atoms with E-state index in [4.69, 9.17) is 9.47 Å². The first-order chi connectivity index (χ1) is 11.7. The molecular formula is C17H23F3N2O3. The van der Waals surface area contributed by atoms with E-state index in [1.165, 1.54) is 18.2 Å². The van der Waals surface area contributed by atoms with E-state index in [0.717, 1.165) is 19.2 Å². The molecule has 1 fully saturated rings. The molecule has 1 aliphatic rings. The molecule has 5 nitrogen and oxygen atoms in total. The molecule has 1 heterocycles. The monoisotopic (exact) mass is 360 g/mol. The van der Waals surface area contributed by atoms with Gasteiger partial charge < -0.3 is 14.8 Å². The average Bonchev–Trinajstić information content (AvgIpc) is 2.58. The van der Waals surface area contributed by atoms with E-state index in [2.05, 4.69) is 10.2 Å². The van der Waals surface area contributed by atoms with Crippen LogP contribution in [0.1, 0.15) is 19.4 Å². The number of morpholine rings is 1. The third-order valence-electron chi connectivity index (χ3n) is 4.14. The van der Waals surface area contributed by atoms with E-state index in [-0.39, 0.29) is 11.3 Å². The zero-order chi connectivity index (χ0) is 18.5. The van der Waals surface area contributed by atoms with Crippen LogP contribution in [0.5, 0.6) is 5.75 Å². The quantitative estimate of drug-likeness (QED) is 0.846. The van der Waals surface area contributed by atoms with Crippen LogP contribution in [0.3, 0.4) is 0 Å². The summed E-state index contributed by atoms with van der Waals surface area (Å²) < 4.78 is 49.0. The molecule has 0 radical (unpaired) electrons. The molecular weight excluding hydrogens is 337 g/mol. The third-order valence-corrected chi connectivity index (χ3v) is 4.14. The van der Waals surface area contributed by atoms with Crippen molar-refractivity contribution < 1.29 is 27.4 Å². The van der Waals surface area contributed by atoms with Crippen molar-refractivity contribution in [1.82, 2.24) is 10.2 Å². The predicted octanol–water partition coefficient (Wildman–Crippen LogP) is 2.31. The Hall–Kier alpha value is -1.80. The lowest BCUT2D eigenvalue weighted by molar-refractivity contribution is -0.139. The molecule has 0 atom stereocenters. The fourth-order valence-corrected chi connectivity index (χ4v) is 2.62. The minimum absolute atomic E-state index is 0.274. The number of rotatable bonds is 6. The third kappa shape index (κ3) is 5.61. The highest BCUT2D eigenvalue weighted by Crippen LogP contribution is 2.35. The Kier molecular flexibility index (Phi) is 6.29. The summed E-state index contributed by atoms with van der Waals surface area (Å²) in [4.78, 5) is 14.2. The Bertz CT molecular complexity index is 585. The van der Waals surface area contributed by atoms with Gasteiger partial charge in [-0.05, 0) is 26.0 Å². The van der Waals surface area contributed by atoms with Crippen LogP contribution in [-0.4, -0.2) is 55.8 Å². The molecule has 1 aromatic rings. The number of nitrogens with zero attached hydrogens (tertiary/aromatic N) is 1. The molecule has 8 heteroatoms. The van der Waals surface area contributed by atoms with Crippen LogP contribution < -0.4 is 10.1 Å². The maximum atomic E-state index is 12.9. The van der Waals surface area contributed by atoms with Crippen molar-refractivity contribution in [3.05, 3.63) is 29.8 Å². The Morgan fingerprint density at radius 3 is 2.52 bits per heavy atom. The van der Waals surface area contributed by atoms with E-state index in [0.29, 0.717) is 19.8 Å². The minimum atomic E-state index is -4.52. The fourth-order valence-electron chi connectivity index (χ4n) is 2.62. The summed E-state index contributed by atoms with van der Waals surface area (Å²) in [6, 6.07) is 4.84. The number of alkyl halides is 3. The average molecular weight is 360 g/mol. The van der Waals surface area contributed by atoms with Crippen molar-refractivity contribution in [1.29, 1.82) is 0 Å². The van der Waals surface area contributed by atoms with Crippen LogP contribution in [-0.2, 0) is 15.7 Å². The van der Waals surface area contributed by atoms with Crippen molar-refractivity contribution >= 4 is 5.91 Å². The molecule has 140 valence electrons. The van der Waals surface area contributed by atoms with Crippen LogP contribution >= 0.6 is 0 Å². The standard InChI is InChI=1S/C17H23F3N2O3/c1-16(2,22-7-9-24-10-8-22)12-21-15(23)11-25-14-6-4-3-5-13(14)17(18,19)20/h3-6H,7-12H2,1-2H3,(H,21,23). The number of amides is 1. The highest BCUT2D eigenvalue weighted by atomic mass is 19.4.